The molecule has 4 heterocycles. The van der Waals surface area contributed by atoms with Crippen molar-refractivity contribution >= 4 is 35.2 Å². The Bertz CT molecular complexity index is 1190. The van der Waals surface area contributed by atoms with Crippen LogP contribution in [0.25, 0.3) is 0 Å². The van der Waals surface area contributed by atoms with Crippen LogP contribution < -0.4 is 15.1 Å². The molecule has 0 aliphatic carbocycles. The van der Waals surface area contributed by atoms with Crippen molar-refractivity contribution in [2.75, 3.05) is 43.0 Å². The molecule has 4 aliphatic heterocycles. The lowest BCUT2D eigenvalue weighted by Crippen LogP contribution is -2.62. The van der Waals surface area contributed by atoms with Gasteiger partial charge < -0.3 is 24.3 Å². The number of hydrogen-bond donors (Lipinski definition) is 1. The molecule has 10 nitrogen and oxygen atoms in total. The first kappa shape index (κ1) is 26.1. The molecule has 0 saturated carbocycles. The summed E-state index contributed by atoms with van der Waals surface area (Å²) in [5.74, 6) is 0.131. The molecular weight excluding hydrogens is 486 g/mol. The first-order valence-corrected chi connectivity index (χ1v) is 13.3. The Morgan fingerprint density at radius 1 is 1.13 bits per heavy atom. The number of hydrogen-bond acceptors (Lipinski definition) is 7. The van der Waals surface area contributed by atoms with Crippen LogP contribution in [0.15, 0.2) is 30.6 Å². The first-order chi connectivity index (χ1) is 17.9. The van der Waals surface area contributed by atoms with Crippen LogP contribution >= 0.6 is 0 Å². The summed E-state index contributed by atoms with van der Waals surface area (Å²) in [7, 11) is 1.89. The lowest BCUT2D eigenvalue weighted by molar-refractivity contribution is -0.146. The van der Waals surface area contributed by atoms with Crippen LogP contribution in [0.3, 0.4) is 0 Å². The van der Waals surface area contributed by atoms with Crippen LogP contribution in [0.2, 0.25) is 0 Å². The van der Waals surface area contributed by atoms with Gasteiger partial charge in [-0.15, -0.1) is 0 Å². The minimum absolute atomic E-state index is 0.0667. The molecule has 3 fully saturated rings. The number of fused-ring (bicyclic) bond motifs is 1. The zero-order valence-electron chi connectivity index (χ0n) is 22.7. The van der Waals surface area contributed by atoms with Gasteiger partial charge in [0.2, 0.25) is 17.7 Å². The third-order valence-corrected chi connectivity index (χ3v) is 8.10. The highest BCUT2D eigenvalue weighted by Gasteiger charge is 2.48. The van der Waals surface area contributed by atoms with Crippen LogP contribution in [0.4, 0.5) is 16.2 Å². The van der Waals surface area contributed by atoms with Crippen LogP contribution in [0.5, 0.6) is 0 Å². The van der Waals surface area contributed by atoms with Gasteiger partial charge in [0.05, 0.1) is 17.8 Å². The van der Waals surface area contributed by atoms with Gasteiger partial charge in [0.25, 0.3) is 0 Å². The molecule has 38 heavy (non-hydrogen) atoms. The van der Waals surface area contributed by atoms with Crippen molar-refractivity contribution in [1.82, 2.24) is 15.1 Å². The highest BCUT2D eigenvalue weighted by Crippen LogP contribution is 2.46. The largest absolute Gasteiger partial charge is 0.444 e. The molecule has 1 aromatic carbocycles. The van der Waals surface area contributed by atoms with E-state index < -0.39 is 11.6 Å². The SMILES string of the molecule is C=C1N(C)c2c(CC(=O)N3CC4(CCN(C(=O)OC(C)(C)C)CC4)C3)cccc2N1C1CCC(=O)NC1=O. The number of nitrogens with one attached hydrogen (secondary N) is 1. The number of carbonyl (C=O) groups is 4. The molecule has 204 valence electrons. The third kappa shape index (κ3) is 4.72. The number of benzene rings is 1. The third-order valence-electron chi connectivity index (χ3n) is 8.10. The summed E-state index contributed by atoms with van der Waals surface area (Å²) >= 11 is 0. The van der Waals surface area contributed by atoms with Crippen molar-refractivity contribution in [2.45, 2.75) is 64.5 Å². The summed E-state index contributed by atoms with van der Waals surface area (Å²) in [6.45, 7) is 12.5. The predicted molar refractivity (Wildman–Crippen MR) is 142 cm³/mol. The van der Waals surface area contributed by atoms with E-state index in [4.69, 9.17) is 4.74 Å². The molecular formula is C28H37N5O5. The summed E-state index contributed by atoms with van der Waals surface area (Å²) in [4.78, 5) is 57.4. The summed E-state index contributed by atoms with van der Waals surface area (Å²) in [5, 5.41) is 2.43. The molecule has 10 heteroatoms. The number of para-hydroxylation sites is 1. The highest BCUT2D eigenvalue weighted by molar-refractivity contribution is 6.03. The predicted octanol–water partition coefficient (Wildman–Crippen LogP) is 2.62. The van der Waals surface area contributed by atoms with Crippen molar-refractivity contribution in [3.05, 3.63) is 36.2 Å². The zero-order valence-corrected chi connectivity index (χ0v) is 22.7. The van der Waals surface area contributed by atoms with Crippen molar-refractivity contribution in [2.24, 2.45) is 5.41 Å². The van der Waals surface area contributed by atoms with Gasteiger partial charge in [-0.2, -0.15) is 0 Å². The summed E-state index contributed by atoms with van der Waals surface area (Å²) in [6, 6.07) is 5.26. The van der Waals surface area contributed by atoms with Crippen LogP contribution in [0, 0.1) is 5.41 Å². The normalized spacial score (nSPS) is 22.8. The Kier molecular flexibility index (Phi) is 6.39. The van der Waals surface area contributed by atoms with E-state index in [-0.39, 0.29) is 42.1 Å². The van der Waals surface area contributed by atoms with Gasteiger partial charge >= 0.3 is 6.09 Å². The number of anilines is 2. The fourth-order valence-corrected chi connectivity index (χ4v) is 6.03. The van der Waals surface area contributed by atoms with E-state index >= 15 is 0 Å². The average Bonchev–Trinajstić information content (AvgIpc) is 3.07. The van der Waals surface area contributed by atoms with Crippen molar-refractivity contribution in [3.63, 3.8) is 0 Å². The number of piperidine rings is 2. The Morgan fingerprint density at radius 3 is 2.45 bits per heavy atom. The molecule has 0 radical (unpaired) electrons. The Labute approximate surface area is 223 Å². The maximum Gasteiger partial charge on any atom is 0.410 e. The molecule has 4 aliphatic rings. The van der Waals surface area contributed by atoms with E-state index in [0.29, 0.717) is 38.4 Å². The number of imide groups is 1. The molecule has 1 atom stereocenters. The van der Waals surface area contributed by atoms with Gasteiger partial charge in [0.15, 0.2) is 0 Å². The minimum Gasteiger partial charge on any atom is -0.444 e. The summed E-state index contributed by atoms with van der Waals surface area (Å²) in [5.41, 5.74) is 2.14. The van der Waals surface area contributed by atoms with Gasteiger partial charge in [-0.05, 0) is 51.7 Å². The lowest BCUT2D eigenvalue weighted by atomic mass is 9.72. The fourth-order valence-electron chi connectivity index (χ4n) is 6.03. The van der Waals surface area contributed by atoms with Gasteiger partial charge in [-0.3, -0.25) is 19.7 Å². The maximum absolute atomic E-state index is 13.3. The molecule has 5 rings (SSSR count). The molecule has 1 aromatic rings. The van der Waals surface area contributed by atoms with Gasteiger partial charge in [0.1, 0.15) is 17.5 Å². The maximum atomic E-state index is 13.3. The number of rotatable bonds is 3. The van der Waals surface area contributed by atoms with E-state index in [9.17, 15) is 19.2 Å². The highest BCUT2D eigenvalue weighted by atomic mass is 16.6. The smallest absolute Gasteiger partial charge is 0.410 e. The number of amides is 4. The second-order valence-electron chi connectivity index (χ2n) is 12.0. The monoisotopic (exact) mass is 523 g/mol. The van der Waals surface area contributed by atoms with Gasteiger partial charge in [-0.25, -0.2) is 4.79 Å². The van der Waals surface area contributed by atoms with E-state index in [1.165, 1.54) is 0 Å². The van der Waals surface area contributed by atoms with Gasteiger partial charge in [0, 0.05) is 45.1 Å². The first-order valence-electron chi connectivity index (χ1n) is 13.3. The number of ether oxygens (including phenoxy) is 1. The molecule has 3 saturated heterocycles. The second kappa shape index (κ2) is 9.32. The van der Waals surface area contributed by atoms with Crippen molar-refractivity contribution < 1.29 is 23.9 Å². The van der Waals surface area contributed by atoms with E-state index in [1.807, 2.05) is 60.7 Å². The molecule has 0 aromatic heterocycles. The Balaban J connectivity index is 1.22. The average molecular weight is 524 g/mol. The number of carbonyl (C=O) groups excluding carboxylic acids is 4. The topological polar surface area (TPSA) is 102 Å². The quantitative estimate of drug-likeness (QED) is 0.608. The Hall–Kier alpha value is -3.56. The zero-order chi connectivity index (χ0) is 27.4. The van der Waals surface area contributed by atoms with E-state index in [2.05, 4.69) is 11.9 Å². The number of nitrogens with zero attached hydrogens (tertiary/aromatic N) is 4. The van der Waals surface area contributed by atoms with Crippen LogP contribution in [-0.4, -0.2) is 78.5 Å². The van der Waals surface area contributed by atoms with Gasteiger partial charge in [-0.1, -0.05) is 18.7 Å². The molecule has 0 bridgehead atoms. The second-order valence-corrected chi connectivity index (χ2v) is 12.0. The molecule has 4 amide bonds. The minimum atomic E-state index is -0.517. The van der Waals surface area contributed by atoms with E-state index in [1.54, 1.807) is 4.90 Å². The summed E-state index contributed by atoms with van der Waals surface area (Å²) < 4.78 is 5.50. The van der Waals surface area contributed by atoms with Crippen LogP contribution in [0.1, 0.15) is 52.0 Å². The fraction of sp³-hybridized carbons (Fsp3) is 0.571. The number of likely N-dealkylation sites (tertiary alicyclic amines) is 2. The summed E-state index contributed by atoms with van der Waals surface area (Å²) in [6.07, 6.45) is 2.41. The van der Waals surface area contributed by atoms with Crippen molar-refractivity contribution in [3.8, 4) is 0 Å². The van der Waals surface area contributed by atoms with Crippen molar-refractivity contribution in [1.29, 1.82) is 0 Å². The molecule has 1 unspecified atom stereocenters. The molecule has 1 spiro atoms. The standard InChI is InChI=1S/C28H37N5O5/c1-18-30(5)24-19(7-6-8-20(24)33(18)21-9-10-22(34)29-25(21)36)15-23(35)32-16-28(17-32)11-13-31(14-12-28)26(37)38-27(2,3)4/h6-8,21H,1,9-17H2,2-5H3,(H,29,34,36). The van der Waals surface area contributed by atoms with Crippen LogP contribution in [-0.2, 0) is 25.5 Å². The van der Waals surface area contributed by atoms with E-state index in [0.717, 1.165) is 29.8 Å². The molecule has 1 N–H and O–H groups in total. The lowest BCUT2D eigenvalue weighted by Gasteiger charge is -2.54. The Morgan fingerprint density at radius 2 is 1.82 bits per heavy atom.